The average Bonchev–Trinajstić information content (AvgIpc) is 2.63. The molecule has 0 radical (unpaired) electrons. The summed E-state index contributed by atoms with van der Waals surface area (Å²) < 4.78 is 15.7. The number of benzene rings is 1. The Labute approximate surface area is 173 Å². The van der Waals surface area contributed by atoms with E-state index in [9.17, 15) is 9.59 Å². The maximum atomic E-state index is 12.2. The van der Waals surface area contributed by atoms with Crippen molar-refractivity contribution in [2.24, 2.45) is 0 Å². The number of ether oxygens (including phenoxy) is 3. The van der Waals surface area contributed by atoms with Crippen LogP contribution in [0, 0.1) is 0 Å². The summed E-state index contributed by atoms with van der Waals surface area (Å²) >= 11 is 0. The number of carbonyl (C=O) groups is 2. The van der Waals surface area contributed by atoms with E-state index < -0.39 is 11.7 Å². The van der Waals surface area contributed by atoms with Gasteiger partial charge in [-0.15, -0.1) is 0 Å². The van der Waals surface area contributed by atoms with Crippen LogP contribution >= 0.6 is 0 Å². The second-order valence-corrected chi connectivity index (χ2v) is 8.00. The monoisotopic (exact) mass is 404 g/mol. The van der Waals surface area contributed by atoms with Crippen molar-refractivity contribution in [1.82, 2.24) is 10.2 Å². The Morgan fingerprint density at radius 1 is 1.24 bits per heavy atom. The van der Waals surface area contributed by atoms with Crippen molar-refractivity contribution in [3.8, 4) is 5.75 Å². The number of amides is 1. The van der Waals surface area contributed by atoms with Crippen LogP contribution in [0.5, 0.6) is 5.75 Å². The molecule has 1 fully saturated rings. The second kappa shape index (κ2) is 10.2. The van der Waals surface area contributed by atoms with Crippen molar-refractivity contribution in [3.05, 3.63) is 41.6 Å². The number of rotatable bonds is 6. The van der Waals surface area contributed by atoms with Gasteiger partial charge >= 0.3 is 12.1 Å². The molecule has 1 atom stereocenters. The Hall–Kier alpha value is -2.70. The van der Waals surface area contributed by atoms with Crippen LogP contribution in [0.4, 0.5) is 4.79 Å². The Balaban J connectivity index is 2.11. The largest absolute Gasteiger partial charge is 0.497 e. The number of methoxy groups -OCH3 is 1. The number of carbonyl (C=O) groups excluding carboxylic acids is 2. The fraction of sp³-hybridized carbons (Fsp3) is 0.545. The summed E-state index contributed by atoms with van der Waals surface area (Å²) in [5, 5.41) is 2.94. The van der Waals surface area contributed by atoms with Gasteiger partial charge < -0.3 is 24.4 Å². The number of hydrogen-bond acceptors (Lipinski definition) is 6. The van der Waals surface area contributed by atoms with Gasteiger partial charge in [0.05, 0.1) is 19.8 Å². The smallest absolute Gasteiger partial charge is 0.407 e. The van der Waals surface area contributed by atoms with E-state index in [1.807, 2.05) is 45.0 Å². The predicted molar refractivity (Wildman–Crippen MR) is 111 cm³/mol. The molecule has 1 amide bonds. The van der Waals surface area contributed by atoms with E-state index in [2.05, 4.69) is 10.2 Å². The van der Waals surface area contributed by atoms with Gasteiger partial charge in [0.15, 0.2) is 0 Å². The van der Waals surface area contributed by atoms with E-state index in [4.69, 9.17) is 14.2 Å². The zero-order valence-electron chi connectivity index (χ0n) is 18.0. The lowest BCUT2D eigenvalue weighted by Crippen LogP contribution is -2.48. The molecule has 160 valence electrons. The van der Waals surface area contributed by atoms with Crippen molar-refractivity contribution in [2.75, 3.05) is 20.3 Å². The molecule has 1 heterocycles. The van der Waals surface area contributed by atoms with Gasteiger partial charge in [-0.1, -0.05) is 12.1 Å². The van der Waals surface area contributed by atoms with Gasteiger partial charge in [0.25, 0.3) is 0 Å². The summed E-state index contributed by atoms with van der Waals surface area (Å²) in [4.78, 5) is 26.2. The second-order valence-electron chi connectivity index (χ2n) is 8.00. The predicted octanol–water partition coefficient (Wildman–Crippen LogP) is 3.63. The lowest BCUT2D eigenvalue weighted by molar-refractivity contribution is -0.137. The summed E-state index contributed by atoms with van der Waals surface area (Å²) in [6.07, 6.45) is 2.51. The number of allylic oxidation sites excluding steroid dienone is 1. The zero-order valence-corrected chi connectivity index (χ0v) is 18.0. The van der Waals surface area contributed by atoms with E-state index in [1.165, 1.54) is 0 Å². The molecule has 29 heavy (non-hydrogen) atoms. The SMILES string of the molecule is CCOC(=O)C=C1CCC(NC(=O)OC(C)(C)C)CN1Cc1ccc(OC)cc1. The number of esters is 1. The number of nitrogens with zero attached hydrogens (tertiary/aromatic N) is 1. The Bertz CT molecular complexity index is 722. The van der Waals surface area contributed by atoms with Crippen LogP contribution in [0.3, 0.4) is 0 Å². The van der Waals surface area contributed by atoms with Crippen molar-refractivity contribution in [1.29, 1.82) is 0 Å². The third kappa shape index (κ3) is 7.68. The Kier molecular flexibility index (Phi) is 7.93. The lowest BCUT2D eigenvalue weighted by Gasteiger charge is -2.37. The minimum atomic E-state index is -0.545. The van der Waals surface area contributed by atoms with Crippen molar-refractivity contribution in [2.45, 2.75) is 58.7 Å². The third-order valence-corrected chi connectivity index (χ3v) is 4.42. The molecule has 0 aliphatic carbocycles. The van der Waals surface area contributed by atoms with E-state index in [-0.39, 0.29) is 12.0 Å². The first kappa shape index (κ1) is 22.6. The molecule has 2 rings (SSSR count). The van der Waals surface area contributed by atoms with Crippen LogP contribution < -0.4 is 10.1 Å². The minimum Gasteiger partial charge on any atom is -0.497 e. The first-order chi connectivity index (χ1) is 13.7. The molecule has 7 heteroatoms. The van der Waals surface area contributed by atoms with E-state index in [1.54, 1.807) is 20.1 Å². The normalized spacial score (nSPS) is 18.3. The molecule has 7 nitrogen and oxygen atoms in total. The van der Waals surface area contributed by atoms with Gasteiger partial charge in [0.1, 0.15) is 11.4 Å². The highest BCUT2D eigenvalue weighted by Gasteiger charge is 2.27. The maximum Gasteiger partial charge on any atom is 0.407 e. The van der Waals surface area contributed by atoms with Crippen molar-refractivity contribution < 1.29 is 23.8 Å². The molecule has 1 N–H and O–H groups in total. The topological polar surface area (TPSA) is 77.1 Å². The molecular formula is C22H32N2O5. The van der Waals surface area contributed by atoms with Crippen LogP contribution in [-0.2, 0) is 20.8 Å². The van der Waals surface area contributed by atoms with Gasteiger partial charge in [-0.05, 0) is 58.2 Å². The summed E-state index contributed by atoms with van der Waals surface area (Å²) in [5.41, 5.74) is 1.44. The molecule has 0 spiro atoms. The standard InChI is InChI=1S/C22H32N2O5/c1-6-28-20(25)13-18-10-9-17(23-21(26)29-22(2,3)4)15-24(18)14-16-7-11-19(27-5)12-8-16/h7-8,11-13,17H,6,9-10,14-15H2,1-5H3,(H,23,26). The minimum absolute atomic E-state index is 0.0672. The summed E-state index contributed by atoms with van der Waals surface area (Å²) in [6.45, 7) is 8.83. The van der Waals surface area contributed by atoms with Gasteiger partial charge in [-0.2, -0.15) is 0 Å². The van der Waals surface area contributed by atoms with Gasteiger partial charge in [-0.25, -0.2) is 9.59 Å². The molecule has 1 saturated heterocycles. The number of hydrogen-bond donors (Lipinski definition) is 1. The van der Waals surface area contributed by atoms with Gasteiger partial charge in [-0.3, -0.25) is 0 Å². The number of piperidine rings is 1. The van der Waals surface area contributed by atoms with Crippen LogP contribution in [0.2, 0.25) is 0 Å². The van der Waals surface area contributed by atoms with E-state index in [0.29, 0.717) is 26.1 Å². The highest BCUT2D eigenvalue weighted by Crippen LogP contribution is 2.24. The fourth-order valence-corrected chi connectivity index (χ4v) is 3.15. The molecule has 0 aromatic heterocycles. The van der Waals surface area contributed by atoms with Crippen molar-refractivity contribution in [3.63, 3.8) is 0 Å². The molecule has 0 saturated carbocycles. The fourth-order valence-electron chi connectivity index (χ4n) is 3.15. The Morgan fingerprint density at radius 3 is 2.52 bits per heavy atom. The van der Waals surface area contributed by atoms with Crippen molar-refractivity contribution >= 4 is 12.1 Å². The van der Waals surface area contributed by atoms with E-state index in [0.717, 1.165) is 23.4 Å². The molecule has 1 aromatic rings. The number of alkyl carbamates (subject to hydrolysis) is 1. The van der Waals surface area contributed by atoms with Crippen LogP contribution in [-0.4, -0.2) is 48.9 Å². The highest BCUT2D eigenvalue weighted by molar-refractivity contribution is 5.82. The molecule has 0 bridgehead atoms. The molecule has 1 unspecified atom stereocenters. The van der Waals surface area contributed by atoms with Crippen LogP contribution in [0.15, 0.2) is 36.0 Å². The van der Waals surface area contributed by atoms with Crippen LogP contribution in [0.1, 0.15) is 46.1 Å². The number of nitrogens with one attached hydrogen (secondary N) is 1. The highest BCUT2D eigenvalue weighted by atomic mass is 16.6. The summed E-state index contributed by atoms with van der Waals surface area (Å²) in [7, 11) is 1.63. The van der Waals surface area contributed by atoms with Crippen LogP contribution in [0.25, 0.3) is 0 Å². The number of likely N-dealkylation sites (tertiary alicyclic amines) is 1. The maximum absolute atomic E-state index is 12.2. The molecular weight excluding hydrogens is 372 g/mol. The molecule has 1 aliphatic rings. The molecule has 1 aliphatic heterocycles. The summed E-state index contributed by atoms with van der Waals surface area (Å²) in [6, 6.07) is 7.73. The third-order valence-electron chi connectivity index (χ3n) is 4.42. The zero-order chi connectivity index (χ0) is 21.4. The van der Waals surface area contributed by atoms with E-state index >= 15 is 0 Å². The quantitative estimate of drug-likeness (QED) is 0.576. The lowest BCUT2D eigenvalue weighted by atomic mass is 10.0. The Morgan fingerprint density at radius 2 is 1.93 bits per heavy atom. The average molecular weight is 405 g/mol. The first-order valence-corrected chi connectivity index (χ1v) is 9.95. The molecule has 1 aromatic carbocycles. The van der Waals surface area contributed by atoms with Gasteiger partial charge in [0.2, 0.25) is 0 Å². The first-order valence-electron chi connectivity index (χ1n) is 9.95. The van der Waals surface area contributed by atoms with Gasteiger partial charge in [0, 0.05) is 24.9 Å². The summed E-state index contributed by atoms with van der Waals surface area (Å²) in [5.74, 6) is 0.444.